The normalized spacial score (nSPS) is 21.9. The van der Waals surface area contributed by atoms with Crippen molar-refractivity contribution in [1.29, 1.82) is 0 Å². The molecule has 0 aromatic heterocycles. The topological polar surface area (TPSA) is 24.5 Å². The second-order valence-electron chi connectivity index (χ2n) is 5.55. The van der Waals surface area contributed by atoms with E-state index in [4.69, 9.17) is 16.3 Å². The van der Waals surface area contributed by atoms with Gasteiger partial charge in [0.15, 0.2) is 0 Å². The molecule has 1 saturated heterocycles. The van der Waals surface area contributed by atoms with Gasteiger partial charge in [-0.2, -0.15) is 0 Å². The molecule has 4 heteroatoms. The molecule has 1 unspecified atom stereocenters. The van der Waals surface area contributed by atoms with Crippen molar-refractivity contribution >= 4 is 17.3 Å². The molecule has 2 rings (SSSR count). The summed E-state index contributed by atoms with van der Waals surface area (Å²) < 4.78 is 5.41. The Kier molecular flexibility index (Phi) is 3.74. The van der Waals surface area contributed by atoms with Gasteiger partial charge in [-0.3, -0.25) is 0 Å². The van der Waals surface area contributed by atoms with E-state index in [1.807, 2.05) is 18.2 Å². The van der Waals surface area contributed by atoms with Crippen LogP contribution in [0.4, 0.5) is 5.69 Å². The maximum atomic E-state index is 6.08. The summed E-state index contributed by atoms with van der Waals surface area (Å²) in [5.41, 5.74) is 1.25. The number of ether oxygens (including phenoxy) is 1. The van der Waals surface area contributed by atoms with Crippen LogP contribution in [0.2, 0.25) is 5.02 Å². The van der Waals surface area contributed by atoms with Crippen LogP contribution in [0.25, 0.3) is 0 Å². The maximum absolute atomic E-state index is 6.08. The average Bonchev–Trinajstić information content (AvgIpc) is 2.68. The smallest absolute Gasteiger partial charge is 0.142 e. The number of hydrogen-bond donors (Lipinski definition) is 1. The van der Waals surface area contributed by atoms with Crippen molar-refractivity contribution in [1.82, 2.24) is 5.32 Å². The second kappa shape index (κ2) is 4.98. The number of benzene rings is 1. The van der Waals surface area contributed by atoms with Gasteiger partial charge in [0.1, 0.15) is 5.75 Å². The predicted octanol–water partition coefficient (Wildman–Crippen LogP) is 2.93. The van der Waals surface area contributed by atoms with E-state index in [1.54, 1.807) is 7.11 Å². The molecule has 0 aliphatic carbocycles. The summed E-state index contributed by atoms with van der Waals surface area (Å²) in [4.78, 5) is 2.26. The highest BCUT2D eigenvalue weighted by molar-refractivity contribution is 6.30. The SMILES string of the molecule is COc1ccc(Cl)cc1N(C)C1CNC(C)(C)C1. The van der Waals surface area contributed by atoms with Gasteiger partial charge in [-0.25, -0.2) is 0 Å². The van der Waals surface area contributed by atoms with Crippen molar-refractivity contribution in [3.8, 4) is 5.75 Å². The van der Waals surface area contributed by atoms with Crippen molar-refractivity contribution in [2.75, 3.05) is 25.6 Å². The van der Waals surface area contributed by atoms with Gasteiger partial charge in [0.05, 0.1) is 12.8 Å². The highest BCUT2D eigenvalue weighted by Gasteiger charge is 2.33. The third kappa shape index (κ3) is 2.73. The van der Waals surface area contributed by atoms with Gasteiger partial charge in [0.2, 0.25) is 0 Å². The van der Waals surface area contributed by atoms with Gasteiger partial charge in [0.25, 0.3) is 0 Å². The Morgan fingerprint density at radius 2 is 2.17 bits per heavy atom. The monoisotopic (exact) mass is 268 g/mol. The lowest BCUT2D eigenvalue weighted by atomic mass is 10.0. The fraction of sp³-hybridized carbons (Fsp3) is 0.571. The molecule has 1 atom stereocenters. The van der Waals surface area contributed by atoms with Gasteiger partial charge >= 0.3 is 0 Å². The number of nitrogens with one attached hydrogen (secondary N) is 1. The molecule has 1 fully saturated rings. The molecule has 100 valence electrons. The average molecular weight is 269 g/mol. The second-order valence-corrected chi connectivity index (χ2v) is 5.99. The van der Waals surface area contributed by atoms with Crippen LogP contribution in [0.5, 0.6) is 5.75 Å². The quantitative estimate of drug-likeness (QED) is 0.912. The molecule has 0 radical (unpaired) electrons. The Morgan fingerprint density at radius 1 is 1.44 bits per heavy atom. The van der Waals surface area contributed by atoms with Gasteiger partial charge in [0, 0.05) is 30.2 Å². The number of rotatable bonds is 3. The van der Waals surface area contributed by atoms with E-state index in [0.29, 0.717) is 6.04 Å². The fourth-order valence-electron chi connectivity index (χ4n) is 2.54. The van der Waals surface area contributed by atoms with Crippen molar-refractivity contribution in [3.05, 3.63) is 23.2 Å². The standard InChI is InChI=1S/C14H21ClN2O/c1-14(2)8-11(9-16-14)17(3)12-7-10(15)5-6-13(12)18-4/h5-7,11,16H,8-9H2,1-4H3. The number of nitrogens with zero attached hydrogens (tertiary/aromatic N) is 1. The minimum absolute atomic E-state index is 0.199. The maximum Gasteiger partial charge on any atom is 0.142 e. The van der Waals surface area contributed by atoms with E-state index in [9.17, 15) is 0 Å². The molecule has 0 amide bonds. The van der Waals surface area contributed by atoms with Crippen molar-refractivity contribution in [2.24, 2.45) is 0 Å². The summed E-state index contributed by atoms with van der Waals surface area (Å²) in [5, 5.41) is 4.27. The fourth-order valence-corrected chi connectivity index (χ4v) is 2.70. The number of anilines is 1. The first-order valence-corrected chi connectivity index (χ1v) is 6.62. The summed E-state index contributed by atoms with van der Waals surface area (Å²) in [6.07, 6.45) is 1.11. The largest absolute Gasteiger partial charge is 0.495 e. The Hall–Kier alpha value is -0.930. The Balaban J connectivity index is 2.23. The van der Waals surface area contributed by atoms with E-state index in [1.165, 1.54) is 0 Å². The zero-order chi connectivity index (χ0) is 13.3. The molecule has 1 aliphatic rings. The van der Waals surface area contributed by atoms with E-state index in [2.05, 4.69) is 31.1 Å². The first kappa shape index (κ1) is 13.5. The van der Waals surface area contributed by atoms with Crippen LogP contribution >= 0.6 is 11.6 Å². The highest BCUT2D eigenvalue weighted by atomic mass is 35.5. The highest BCUT2D eigenvalue weighted by Crippen LogP contribution is 2.34. The van der Waals surface area contributed by atoms with Crippen LogP contribution in [0.15, 0.2) is 18.2 Å². The summed E-state index contributed by atoms with van der Waals surface area (Å²) in [6.45, 7) is 5.45. The zero-order valence-electron chi connectivity index (χ0n) is 11.5. The molecular weight excluding hydrogens is 248 g/mol. The molecule has 0 spiro atoms. The van der Waals surface area contributed by atoms with E-state index in [0.717, 1.165) is 29.4 Å². The van der Waals surface area contributed by atoms with E-state index >= 15 is 0 Å². The molecule has 1 aromatic rings. The van der Waals surface area contributed by atoms with Crippen LogP contribution in [0, 0.1) is 0 Å². The Morgan fingerprint density at radius 3 is 2.72 bits per heavy atom. The Bertz CT molecular complexity index is 434. The zero-order valence-corrected chi connectivity index (χ0v) is 12.2. The first-order chi connectivity index (χ1) is 8.43. The van der Waals surface area contributed by atoms with E-state index in [-0.39, 0.29) is 5.54 Å². The Labute approximate surface area is 114 Å². The minimum Gasteiger partial charge on any atom is -0.495 e. The van der Waals surface area contributed by atoms with Gasteiger partial charge in [-0.1, -0.05) is 11.6 Å². The summed E-state index contributed by atoms with van der Waals surface area (Å²) >= 11 is 6.08. The molecular formula is C14H21ClN2O. The molecule has 1 aromatic carbocycles. The number of methoxy groups -OCH3 is 1. The molecule has 18 heavy (non-hydrogen) atoms. The van der Waals surface area contributed by atoms with Gasteiger partial charge in [-0.15, -0.1) is 0 Å². The lowest BCUT2D eigenvalue weighted by molar-refractivity contribution is 0.413. The molecule has 0 bridgehead atoms. The molecule has 1 aliphatic heterocycles. The third-order valence-electron chi connectivity index (χ3n) is 3.63. The first-order valence-electron chi connectivity index (χ1n) is 6.24. The van der Waals surface area contributed by atoms with Crippen molar-refractivity contribution < 1.29 is 4.74 Å². The minimum atomic E-state index is 0.199. The van der Waals surface area contributed by atoms with Crippen LogP contribution in [-0.2, 0) is 0 Å². The van der Waals surface area contributed by atoms with E-state index < -0.39 is 0 Å². The molecule has 3 nitrogen and oxygen atoms in total. The lowest BCUT2D eigenvalue weighted by Crippen LogP contribution is -2.33. The van der Waals surface area contributed by atoms with Crippen LogP contribution in [-0.4, -0.2) is 32.3 Å². The van der Waals surface area contributed by atoms with Crippen LogP contribution in [0.3, 0.4) is 0 Å². The predicted molar refractivity (Wildman–Crippen MR) is 76.9 cm³/mol. The van der Waals surface area contributed by atoms with Crippen molar-refractivity contribution in [3.63, 3.8) is 0 Å². The number of likely N-dealkylation sites (N-methyl/N-ethyl adjacent to an activating group) is 1. The number of halogens is 1. The lowest BCUT2D eigenvalue weighted by Gasteiger charge is -2.28. The molecule has 0 saturated carbocycles. The summed E-state index contributed by atoms with van der Waals surface area (Å²) in [5.74, 6) is 0.867. The number of hydrogen-bond acceptors (Lipinski definition) is 3. The van der Waals surface area contributed by atoms with Gasteiger partial charge in [-0.05, 0) is 38.5 Å². The molecule has 1 N–H and O–H groups in total. The van der Waals surface area contributed by atoms with Crippen LogP contribution in [0.1, 0.15) is 20.3 Å². The summed E-state index contributed by atoms with van der Waals surface area (Å²) in [7, 11) is 3.79. The summed E-state index contributed by atoms with van der Waals surface area (Å²) in [6, 6.07) is 6.20. The molecule has 1 heterocycles. The van der Waals surface area contributed by atoms with Gasteiger partial charge < -0.3 is 15.0 Å². The van der Waals surface area contributed by atoms with Crippen molar-refractivity contribution in [2.45, 2.75) is 31.8 Å². The van der Waals surface area contributed by atoms with Crippen LogP contribution < -0.4 is 15.0 Å². The third-order valence-corrected chi connectivity index (χ3v) is 3.87.